The summed E-state index contributed by atoms with van der Waals surface area (Å²) in [5.74, 6) is 0.913. The molecule has 2 aliphatic heterocycles. The number of piperazine rings is 1. The second kappa shape index (κ2) is 12.0. The SMILES string of the molecule is Cc1c(CC(=O)CC2CN(C(=O)OC(C)(C)C)C2)cc(Cl)cc1CN1CCN(C(=O)C2CCCC2)[C@@H](C)C1. The van der Waals surface area contributed by atoms with Crippen molar-refractivity contribution in [3.63, 3.8) is 0 Å². The highest BCUT2D eigenvalue weighted by atomic mass is 35.5. The first kappa shape index (κ1) is 28.9. The number of hydrogen-bond donors (Lipinski definition) is 0. The van der Waals surface area contributed by atoms with E-state index in [0.29, 0.717) is 36.9 Å². The highest BCUT2D eigenvalue weighted by Crippen LogP contribution is 2.29. The molecule has 0 spiro atoms. The van der Waals surface area contributed by atoms with Crippen molar-refractivity contribution >= 4 is 29.4 Å². The summed E-state index contributed by atoms with van der Waals surface area (Å²) in [6.45, 7) is 14.1. The Bertz CT molecular complexity index is 1040. The molecule has 1 aromatic rings. The van der Waals surface area contributed by atoms with Gasteiger partial charge in [0, 0.05) is 75.0 Å². The van der Waals surface area contributed by atoms with Gasteiger partial charge in [0.15, 0.2) is 0 Å². The van der Waals surface area contributed by atoms with Gasteiger partial charge in [0.2, 0.25) is 5.91 Å². The molecule has 38 heavy (non-hydrogen) atoms. The Morgan fingerprint density at radius 1 is 1.03 bits per heavy atom. The third-order valence-corrected chi connectivity index (χ3v) is 8.41. The summed E-state index contributed by atoms with van der Waals surface area (Å²) < 4.78 is 5.41. The summed E-state index contributed by atoms with van der Waals surface area (Å²) in [5.41, 5.74) is 2.72. The van der Waals surface area contributed by atoms with E-state index in [4.69, 9.17) is 16.3 Å². The van der Waals surface area contributed by atoms with Gasteiger partial charge in [0.1, 0.15) is 11.4 Å². The number of amides is 2. The van der Waals surface area contributed by atoms with E-state index in [0.717, 1.165) is 55.7 Å². The van der Waals surface area contributed by atoms with Crippen molar-refractivity contribution in [1.82, 2.24) is 14.7 Å². The van der Waals surface area contributed by atoms with Crippen molar-refractivity contribution in [1.29, 1.82) is 0 Å². The number of carbonyl (C=O) groups is 3. The maximum Gasteiger partial charge on any atom is 0.410 e. The van der Waals surface area contributed by atoms with Gasteiger partial charge in [-0.05, 0) is 76.3 Å². The second-order valence-electron chi connectivity index (χ2n) is 12.6. The summed E-state index contributed by atoms with van der Waals surface area (Å²) in [4.78, 5) is 44.2. The largest absolute Gasteiger partial charge is 0.444 e. The molecule has 0 radical (unpaired) electrons. The first-order chi connectivity index (χ1) is 17.9. The Morgan fingerprint density at radius 3 is 2.32 bits per heavy atom. The van der Waals surface area contributed by atoms with Crippen LogP contribution < -0.4 is 0 Å². The van der Waals surface area contributed by atoms with Gasteiger partial charge in [-0.1, -0.05) is 24.4 Å². The normalized spacial score (nSPS) is 21.5. The van der Waals surface area contributed by atoms with E-state index in [2.05, 4.69) is 23.6 Å². The van der Waals surface area contributed by atoms with Crippen LogP contribution in [0.15, 0.2) is 12.1 Å². The smallest absolute Gasteiger partial charge is 0.410 e. The minimum absolute atomic E-state index is 0.169. The zero-order valence-electron chi connectivity index (χ0n) is 23.7. The molecule has 0 unspecified atom stereocenters. The van der Waals surface area contributed by atoms with Crippen molar-refractivity contribution in [2.24, 2.45) is 11.8 Å². The van der Waals surface area contributed by atoms with E-state index in [9.17, 15) is 14.4 Å². The van der Waals surface area contributed by atoms with Crippen molar-refractivity contribution in [2.75, 3.05) is 32.7 Å². The molecule has 3 aliphatic rings. The molecule has 0 aromatic heterocycles. The molecule has 3 fully saturated rings. The fourth-order valence-corrected chi connectivity index (χ4v) is 6.34. The quantitative estimate of drug-likeness (QED) is 0.468. The molecule has 2 heterocycles. The molecule has 210 valence electrons. The second-order valence-corrected chi connectivity index (χ2v) is 13.1. The standard InChI is InChI=1S/C30H44ClN3O4/c1-20-16-32(10-11-34(20)28(36)23-8-6-7-9-23)19-25-14-26(31)13-24(21(25)2)15-27(35)12-22-17-33(18-22)29(37)38-30(3,4)5/h13-14,20,22-23H,6-12,15-19H2,1-5H3/t20-/m0/s1. The Morgan fingerprint density at radius 2 is 1.68 bits per heavy atom. The predicted octanol–water partition coefficient (Wildman–Crippen LogP) is 5.24. The minimum Gasteiger partial charge on any atom is -0.444 e. The average Bonchev–Trinajstić information content (AvgIpc) is 3.32. The Balaban J connectivity index is 1.29. The van der Waals surface area contributed by atoms with Crippen molar-refractivity contribution in [2.45, 2.75) is 91.3 Å². The van der Waals surface area contributed by atoms with Crippen molar-refractivity contribution in [3.8, 4) is 0 Å². The molecule has 0 N–H and O–H groups in total. The number of hydrogen-bond acceptors (Lipinski definition) is 5. The summed E-state index contributed by atoms with van der Waals surface area (Å²) in [6.07, 6.45) is 4.92. The van der Waals surface area contributed by atoms with Crippen LogP contribution in [0.4, 0.5) is 4.79 Å². The Kier molecular flexibility index (Phi) is 9.08. The van der Waals surface area contributed by atoms with E-state index >= 15 is 0 Å². The third-order valence-electron chi connectivity index (χ3n) is 8.19. The van der Waals surface area contributed by atoms with Crippen LogP contribution in [0.5, 0.6) is 0 Å². The number of nitrogens with zero attached hydrogens (tertiary/aromatic N) is 3. The van der Waals surface area contributed by atoms with E-state index in [-0.39, 0.29) is 29.8 Å². The number of halogens is 1. The van der Waals surface area contributed by atoms with Crippen LogP contribution in [-0.4, -0.2) is 76.9 Å². The fourth-order valence-electron chi connectivity index (χ4n) is 6.08. The minimum atomic E-state index is -0.516. The van der Waals surface area contributed by atoms with E-state index in [1.54, 1.807) is 4.90 Å². The fraction of sp³-hybridized carbons (Fsp3) is 0.700. The maximum absolute atomic E-state index is 13.0. The molecule has 8 heteroatoms. The highest BCUT2D eigenvalue weighted by molar-refractivity contribution is 6.30. The lowest BCUT2D eigenvalue weighted by molar-refractivity contribution is -0.140. The molecule has 2 amide bonds. The molecule has 1 aromatic carbocycles. The van der Waals surface area contributed by atoms with Crippen LogP contribution in [0.1, 0.15) is 76.5 Å². The molecule has 2 saturated heterocycles. The number of ether oxygens (including phenoxy) is 1. The Labute approximate surface area is 232 Å². The zero-order chi connectivity index (χ0) is 27.6. The highest BCUT2D eigenvalue weighted by Gasteiger charge is 2.35. The molecule has 1 atom stereocenters. The lowest BCUT2D eigenvalue weighted by atomic mass is 9.90. The molecule has 7 nitrogen and oxygen atoms in total. The van der Waals surface area contributed by atoms with Gasteiger partial charge >= 0.3 is 6.09 Å². The summed E-state index contributed by atoms with van der Waals surface area (Å²) in [5, 5.41) is 0.649. The lowest BCUT2D eigenvalue weighted by Crippen LogP contribution is -2.54. The van der Waals surface area contributed by atoms with Crippen LogP contribution in [0.2, 0.25) is 5.02 Å². The monoisotopic (exact) mass is 545 g/mol. The van der Waals surface area contributed by atoms with Crippen LogP contribution in [0.3, 0.4) is 0 Å². The zero-order valence-corrected chi connectivity index (χ0v) is 24.5. The lowest BCUT2D eigenvalue weighted by Gasteiger charge is -2.41. The van der Waals surface area contributed by atoms with Gasteiger partial charge in [-0.3, -0.25) is 14.5 Å². The number of likely N-dealkylation sites (tertiary alicyclic amines) is 1. The van der Waals surface area contributed by atoms with Crippen LogP contribution in [0.25, 0.3) is 0 Å². The van der Waals surface area contributed by atoms with Gasteiger partial charge in [0.25, 0.3) is 0 Å². The van der Waals surface area contributed by atoms with Gasteiger partial charge in [-0.25, -0.2) is 4.79 Å². The predicted molar refractivity (Wildman–Crippen MR) is 149 cm³/mol. The van der Waals surface area contributed by atoms with E-state index < -0.39 is 5.60 Å². The van der Waals surface area contributed by atoms with Crippen LogP contribution in [-0.2, 0) is 27.3 Å². The molecule has 1 saturated carbocycles. The first-order valence-corrected chi connectivity index (χ1v) is 14.6. The number of carbonyl (C=O) groups excluding carboxylic acids is 3. The summed E-state index contributed by atoms with van der Waals surface area (Å²) >= 11 is 6.50. The van der Waals surface area contributed by atoms with Gasteiger partial charge in [-0.2, -0.15) is 0 Å². The number of benzene rings is 1. The molecule has 1 aliphatic carbocycles. The summed E-state index contributed by atoms with van der Waals surface area (Å²) in [6, 6.07) is 4.11. The third kappa shape index (κ3) is 7.29. The van der Waals surface area contributed by atoms with Gasteiger partial charge in [-0.15, -0.1) is 0 Å². The van der Waals surface area contributed by atoms with E-state index in [1.807, 2.05) is 32.9 Å². The molecule has 0 bridgehead atoms. The number of Topliss-reactive ketones (excluding diaryl/α,β-unsaturated/α-hetero) is 1. The summed E-state index contributed by atoms with van der Waals surface area (Å²) in [7, 11) is 0. The number of ketones is 1. The average molecular weight is 546 g/mol. The van der Waals surface area contributed by atoms with Gasteiger partial charge < -0.3 is 14.5 Å². The van der Waals surface area contributed by atoms with E-state index in [1.165, 1.54) is 12.8 Å². The van der Waals surface area contributed by atoms with Gasteiger partial charge in [0.05, 0.1) is 0 Å². The van der Waals surface area contributed by atoms with Crippen molar-refractivity contribution < 1.29 is 19.1 Å². The molecular weight excluding hydrogens is 502 g/mol. The van der Waals surface area contributed by atoms with Crippen LogP contribution >= 0.6 is 11.6 Å². The Hall–Kier alpha value is -2.12. The van der Waals surface area contributed by atoms with Crippen LogP contribution in [0, 0.1) is 18.8 Å². The molecular formula is C30H44ClN3O4. The molecule has 4 rings (SSSR count). The number of rotatable bonds is 7. The maximum atomic E-state index is 13.0. The van der Waals surface area contributed by atoms with Crippen molar-refractivity contribution in [3.05, 3.63) is 33.8 Å². The first-order valence-electron chi connectivity index (χ1n) is 14.2. The topological polar surface area (TPSA) is 70.2 Å².